The van der Waals surface area contributed by atoms with E-state index in [1.807, 2.05) is 18.2 Å². The molecule has 0 radical (unpaired) electrons. The zero-order valence-electron chi connectivity index (χ0n) is 9.11. The number of anilines is 1. The summed E-state index contributed by atoms with van der Waals surface area (Å²) in [7, 11) is 0. The van der Waals surface area contributed by atoms with Crippen LogP contribution in [0.15, 0.2) is 43.0 Å². The summed E-state index contributed by atoms with van der Waals surface area (Å²) >= 11 is 0. The third-order valence-electron chi connectivity index (χ3n) is 2.65. The largest absolute Gasteiger partial charge is 0.369 e. The van der Waals surface area contributed by atoms with Gasteiger partial charge < -0.3 is 5.73 Å². The number of imidazole rings is 1. The quantitative estimate of drug-likeness (QED) is 0.713. The molecule has 0 unspecified atom stereocenters. The number of fused-ring (bicyclic) bond motifs is 1. The topological polar surface area (TPSA) is 69.1 Å². The monoisotopic (exact) mass is 225 g/mol. The van der Waals surface area contributed by atoms with Gasteiger partial charge in [0.05, 0.1) is 5.69 Å². The average Bonchev–Trinajstić information content (AvgIpc) is 2.76. The third kappa shape index (κ3) is 1.71. The molecule has 0 aliphatic carbocycles. The van der Waals surface area contributed by atoms with Gasteiger partial charge in [-0.3, -0.25) is 4.40 Å². The van der Waals surface area contributed by atoms with Crippen LogP contribution in [0.2, 0.25) is 0 Å². The zero-order chi connectivity index (χ0) is 11.7. The highest BCUT2D eigenvalue weighted by Crippen LogP contribution is 2.13. The van der Waals surface area contributed by atoms with Crippen LogP contribution in [0.4, 0.5) is 5.95 Å². The molecule has 0 saturated heterocycles. The Morgan fingerprint density at radius 2 is 1.88 bits per heavy atom. The van der Waals surface area contributed by atoms with E-state index in [1.54, 1.807) is 10.7 Å². The summed E-state index contributed by atoms with van der Waals surface area (Å²) in [5, 5.41) is 0. The highest BCUT2D eigenvalue weighted by Gasteiger charge is 2.08. The molecule has 5 nitrogen and oxygen atoms in total. The van der Waals surface area contributed by atoms with Crippen molar-refractivity contribution < 1.29 is 0 Å². The highest BCUT2D eigenvalue weighted by atomic mass is 15.2. The zero-order valence-corrected chi connectivity index (χ0v) is 9.11. The number of hydrogen-bond acceptors (Lipinski definition) is 4. The van der Waals surface area contributed by atoms with Crippen LogP contribution in [-0.2, 0) is 6.42 Å². The molecule has 5 heteroatoms. The second-order valence-electron chi connectivity index (χ2n) is 3.78. The molecule has 0 aliphatic heterocycles. The van der Waals surface area contributed by atoms with Crippen LogP contribution in [-0.4, -0.2) is 19.4 Å². The van der Waals surface area contributed by atoms with Crippen molar-refractivity contribution in [1.29, 1.82) is 0 Å². The maximum Gasteiger partial charge on any atom is 0.208 e. The summed E-state index contributed by atoms with van der Waals surface area (Å²) in [6, 6.07) is 10.1. The maximum absolute atomic E-state index is 5.73. The van der Waals surface area contributed by atoms with Gasteiger partial charge in [0.2, 0.25) is 5.95 Å². The van der Waals surface area contributed by atoms with Crippen LogP contribution < -0.4 is 5.73 Å². The number of nitrogens with zero attached hydrogens (tertiary/aromatic N) is 4. The molecule has 0 saturated carbocycles. The summed E-state index contributed by atoms with van der Waals surface area (Å²) in [6.45, 7) is 0. The second-order valence-corrected chi connectivity index (χ2v) is 3.78. The molecule has 1 aromatic carbocycles. The van der Waals surface area contributed by atoms with Crippen molar-refractivity contribution in [3.63, 3.8) is 0 Å². The molecule has 2 heterocycles. The molecule has 0 aliphatic rings. The molecule has 0 fully saturated rings. The molecule has 0 spiro atoms. The van der Waals surface area contributed by atoms with E-state index in [4.69, 9.17) is 5.73 Å². The molecule has 0 bridgehead atoms. The summed E-state index contributed by atoms with van der Waals surface area (Å²) in [6.07, 6.45) is 3.86. The number of benzene rings is 1. The van der Waals surface area contributed by atoms with E-state index in [9.17, 15) is 0 Å². The SMILES string of the molecule is Nc1ncnc2c(Cc3ccccc3)ncn12. The Bertz CT molecular complexity index is 644. The third-order valence-corrected chi connectivity index (χ3v) is 2.65. The summed E-state index contributed by atoms with van der Waals surface area (Å²) in [5.74, 6) is 0.404. The van der Waals surface area contributed by atoms with Gasteiger partial charge in [-0.2, -0.15) is 0 Å². The fourth-order valence-corrected chi connectivity index (χ4v) is 1.80. The molecule has 0 amide bonds. The van der Waals surface area contributed by atoms with Gasteiger partial charge >= 0.3 is 0 Å². The molecule has 3 aromatic rings. The number of rotatable bonds is 2. The van der Waals surface area contributed by atoms with Crippen molar-refractivity contribution in [2.75, 3.05) is 5.73 Å². The van der Waals surface area contributed by atoms with Gasteiger partial charge in [-0.05, 0) is 5.56 Å². The molecule has 0 atom stereocenters. The van der Waals surface area contributed by atoms with Crippen LogP contribution >= 0.6 is 0 Å². The minimum absolute atomic E-state index is 0.404. The Labute approximate surface area is 98.0 Å². The Balaban J connectivity index is 2.05. The lowest BCUT2D eigenvalue weighted by Crippen LogP contribution is -2.01. The van der Waals surface area contributed by atoms with Gasteiger partial charge in [-0.1, -0.05) is 30.3 Å². The molecule has 17 heavy (non-hydrogen) atoms. The number of nitrogens with two attached hydrogens (primary N) is 1. The van der Waals surface area contributed by atoms with E-state index in [2.05, 4.69) is 27.1 Å². The van der Waals surface area contributed by atoms with Gasteiger partial charge in [-0.15, -0.1) is 0 Å². The summed E-state index contributed by atoms with van der Waals surface area (Å²) in [5.41, 5.74) is 8.61. The number of hydrogen-bond donors (Lipinski definition) is 1. The lowest BCUT2D eigenvalue weighted by Gasteiger charge is -1.99. The Hall–Kier alpha value is -2.43. The van der Waals surface area contributed by atoms with Gasteiger partial charge in [0, 0.05) is 6.42 Å². The van der Waals surface area contributed by atoms with Gasteiger partial charge in [-0.25, -0.2) is 15.0 Å². The van der Waals surface area contributed by atoms with Crippen molar-refractivity contribution in [2.45, 2.75) is 6.42 Å². The lowest BCUT2D eigenvalue weighted by atomic mass is 10.1. The maximum atomic E-state index is 5.73. The summed E-state index contributed by atoms with van der Waals surface area (Å²) < 4.78 is 1.69. The van der Waals surface area contributed by atoms with E-state index < -0.39 is 0 Å². The van der Waals surface area contributed by atoms with E-state index in [-0.39, 0.29) is 0 Å². The van der Waals surface area contributed by atoms with Gasteiger partial charge in [0.25, 0.3) is 0 Å². The van der Waals surface area contributed by atoms with Crippen molar-refractivity contribution in [2.24, 2.45) is 0 Å². The van der Waals surface area contributed by atoms with Crippen molar-refractivity contribution >= 4 is 11.6 Å². The molecule has 2 N–H and O–H groups in total. The van der Waals surface area contributed by atoms with Crippen LogP contribution in [0.1, 0.15) is 11.3 Å². The van der Waals surface area contributed by atoms with Gasteiger partial charge in [0.1, 0.15) is 12.7 Å². The molecule has 84 valence electrons. The first-order valence-electron chi connectivity index (χ1n) is 5.31. The van der Waals surface area contributed by atoms with Gasteiger partial charge in [0.15, 0.2) is 5.65 Å². The number of aromatic nitrogens is 4. The fraction of sp³-hybridized carbons (Fsp3) is 0.0833. The Kier molecular flexibility index (Phi) is 2.22. The average molecular weight is 225 g/mol. The van der Waals surface area contributed by atoms with E-state index in [0.29, 0.717) is 5.95 Å². The molecule has 3 rings (SSSR count). The van der Waals surface area contributed by atoms with Crippen molar-refractivity contribution in [1.82, 2.24) is 19.4 Å². The Morgan fingerprint density at radius 3 is 2.71 bits per heavy atom. The van der Waals surface area contributed by atoms with Crippen molar-refractivity contribution in [3.05, 3.63) is 54.2 Å². The standard InChI is InChI=1S/C12H11N5/c13-12-15-7-14-11-10(16-8-17(11)12)6-9-4-2-1-3-5-9/h1-5,7-8H,6H2,(H2,13,14,15). The smallest absolute Gasteiger partial charge is 0.208 e. The van der Waals surface area contributed by atoms with Crippen LogP contribution in [0.25, 0.3) is 5.65 Å². The minimum Gasteiger partial charge on any atom is -0.369 e. The van der Waals surface area contributed by atoms with Crippen LogP contribution in [0.5, 0.6) is 0 Å². The molecular weight excluding hydrogens is 214 g/mol. The van der Waals surface area contributed by atoms with Crippen LogP contribution in [0, 0.1) is 0 Å². The molecular formula is C12H11N5. The first-order chi connectivity index (χ1) is 8.34. The van der Waals surface area contributed by atoms with E-state index >= 15 is 0 Å². The predicted molar refractivity (Wildman–Crippen MR) is 64.4 cm³/mol. The minimum atomic E-state index is 0.404. The second kappa shape index (κ2) is 3.86. The highest BCUT2D eigenvalue weighted by molar-refractivity contribution is 5.49. The summed E-state index contributed by atoms with van der Waals surface area (Å²) in [4.78, 5) is 12.5. The predicted octanol–water partition coefficient (Wildman–Crippen LogP) is 1.30. The Morgan fingerprint density at radius 1 is 1.06 bits per heavy atom. The fourth-order valence-electron chi connectivity index (χ4n) is 1.80. The van der Waals surface area contributed by atoms with E-state index in [1.165, 1.54) is 11.9 Å². The normalized spacial score (nSPS) is 10.8. The molecule has 2 aromatic heterocycles. The first-order valence-corrected chi connectivity index (χ1v) is 5.31. The van der Waals surface area contributed by atoms with Crippen LogP contribution in [0.3, 0.4) is 0 Å². The number of nitrogen functional groups attached to an aromatic ring is 1. The van der Waals surface area contributed by atoms with E-state index in [0.717, 1.165) is 17.8 Å². The van der Waals surface area contributed by atoms with Crippen molar-refractivity contribution in [3.8, 4) is 0 Å². The lowest BCUT2D eigenvalue weighted by molar-refractivity contribution is 1.03. The first kappa shape index (κ1) is 9.77.